The van der Waals surface area contributed by atoms with Gasteiger partial charge in [-0.2, -0.15) is 0 Å². The van der Waals surface area contributed by atoms with Gasteiger partial charge in [-0.1, -0.05) is 0 Å². The minimum atomic E-state index is 0.565. The first kappa shape index (κ1) is 5.40. The predicted octanol–water partition coefficient (Wildman–Crippen LogP) is -1.42. The van der Waals surface area contributed by atoms with Crippen molar-refractivity contribution in [1.29, 1.82) is 0 Å². The maximum Gasteiger partial charge on any atom is 0.276 e. The third-order valence-electron chi connectivity index (χ3n) is 0.231. The van der Waals surface area contributed by atoms with Crippen LogP contribution in [0.15, 0.2) is 5.16 Å². The fraction of sp³-hybridized carbons (Fsp3) is 0.500. The molecule has 0 saturated heterocycles. The van der Waals surface area contributed by atoms with E-state index in [1.54, 1.807) is 0 Å². The highest BCUT2D eigenvalue weighted by atomic mass is 28.1. The van der Waals surface area contributed by atoms with E-state index in [0.29, 0.717) is 6.23 Å². The van der Waals surface area contributed by atoms with Gasteiger partial charge in [-0.25, -0.2) is 4.79 Å². The molecule has 0 fully saturated rings. The van der Waals surface area contributed by atoms with Crippen molar-refractivity contribution in [3.05, 3.63) is 0 Å². The van der Waals surface area contributed by atoms with E-state index in [0.717, 1.165) is 10.2 Å². The van der Waals surface area contributed by atoms with Crippen LogP contribution in [0.25, 0.3) is 0 Å². The van der Waals surface area contributed by atoms with E-state index >= 15 is 0 Å². The highest BCUT2D eigenvalue weighted by molar-refractivity contribution is 6.08. The van der Waals surface area contributed by atoms with Crippen LogP contribution >= 0.6 is 0 Å². The normalized spacial score (nSPS) is 6.67. The van der Waals surface area contributed by atoms with Crippen molar-refractivity contribution in [2.75, 3.05) is 6.23 Å². The molecule has 0 amide bonds. The standard InChI is InChI=1S/C2H5NO2Si/c4-1-3-5-2-6/h2H2,6H3. The largest absolute Gasteiger partial charge is 0.391 e. The molecule has 34 valence electrons. The van der Waals surface area contributed by atoms with Crippen LogP contribution in [0.4, 0.5) is 0 Å². The van der Waals surface area contributed by atoms with Gasteiger partial charge in [0.1, 0.15) is 0 Å². The summed E-state index contributed by atoms with van der Waals surface area (Å²) in [7, 11) is 0.908. The highest BCUT2D eigenvalue weighted by Crippen LogP contribution is 1.61. The number of hydrogen-bond acceptors (Lipinski definition) is 3. The Balaban J connectivity index is 2.86. The van der Waals surface area contributed by atoms with Crippen molar-refractivity contribution in [3.8, 4) is 0 Å². The van der Waals surface area contributed by atoms with E-state index in [9.17, 15) is 0 Å². The second kappa shape index (κ2) is 4.40. The first-order valence-electron chi connectivity index (χ1n) is 1.61. The Labute approximate surface area is 38.4 Å². The molecule has 6 heavy (non-hydrogen) atoms. The van der Waals surface area contributed by atoms with E-state index < -0.39 is 0 Å². The molecule has 0 aromatic heterocycles. The van der Waals surface area contributed by atoms with E-state index in [2.05, 4.69) is 9.99 Å². The van der Waals surface area contributed by atoms with Crippen LogP contribution in [0, 0.1) is 0 Å². The Morgan fingerprint density at radius 1 is 2.00 bits per heavy atom. The minimum Gasteiger partial charge on any atom is -0.391 e. The summed E-state index contributed by atoms with van der Waals surface area (Å²) in [6.07, 6.45) is 1.81. The Bertz CT molecular complexity index is 67.9. The quantitative estimate of drug-likeness (QED) is 0.186. The van der Waals surface area contributed by atoms with Crippen molar-refractivity contribution in [1.82, 2.24) is 0 Å². The van der Waals surface area contributed by atoms with Gasteiger partial charge in [-0.15, -0.1) is 0 Å². The smallest absolute Gasteiger partial charge is 0.276 e. The number of rotatable bonds is 2. The van der Waals surface area contributed by atoms with Gasteiger partial charge in [0.05, 0.1) is 16.5 Å². The minimum absolute atomic E-state index is 0.565. The molecule has 0 heterocycles. The van der Waals surface area contributed by atoms with Crippen molar-refractivity contribution >= 4 is 16.3 Å². The lowest BCUT2D eigenvalue weighted by molar-refractivity contribution is 0.191. The van der Waals surface area contributed by atoms with Gasteiger partial charge < -0.3 is 4.84 Å². The van der Waals surface area contributed by atoms with Gasteiger partial charge in [-0.3, -0.25) is 0 Å². The molecule has 0 spiro atoms. The number of nitrogens with zero attached hydrogens (tertiary/aromatic N) is 1. The summed E-state index contributed by atoms with van der Waals surface area (Å²) in [5, 5.41) is 2.82. The van der Waals surface area contributed by atoms with Crippen LogP contribution < -0.4 is 0 Å². The van der Waals surface area contributed by atoms with Crippen LogP contribution in [0.1, 0.15) is 0 Å². The van der Waals surface area contributed by atoms with Crippen LogP contribution in [0.2, 0.25) is 0 Å². The molecule has 0 rings (SSSR count). The molecule has 0 unspecified atom stereocenters. The third kappa shape index (κ3) is 3.40. The SMILES string of the molecule is O=C=NOC[SiH3]. The van der Waals surface area contributed by atoms with Gasteiger partial charge in [0, 0.05) is 5.16 Å². The van der Waals surface area contributed by atoms with Crippen LogP contribution in [0.3, 0.4) is 0 Å². The van der Waals surface area contributed by atoms with Gasteiger partial charge in [0.2, 0.25) is 0 Å². The van der Waals surface area contributed by atoms with Crippen molar-refractivity contribution in [2.24, 2.45) is 5.16 Å². The molecule has 0 saturated carbocycles. The summed E-state index contributed by atoms with van der Waals surface area (Å²) in [5.74, 6) is 0. The summed E-state index contributed by atoms with van der Waals surface area (Å²) in [4.78, 5) is 13.4. The molecule has 0 aromatic carbocycles. The van der Waals surface area contributed by atoms with E-state index in [1.807, 2.05) is 0 Å². The monoisotopic (exact) mass is 103 g/mol. The van der Waals surface area contributed by atoms with Gasteiger partial charge in [0.15, 0.2) is 0 Å². The summed E-state index contributed by atoms with van der Waals surface area (Å²) in [5.41, 5.74) is 0. The molecule has 3 nitrogen and oxygen atoms in total. The maximum absolute atomic E-state index is 9.16. The zero-order valence-electron chi connectivity index (χ0n) is 3.47. The number of isocyanates is 1. The zero-order chi connectivity index (χ0) is 4.83. The average molecular weight is 103 g/mol. The molecule has 0 aliphatic carbocycles. The molecule has 0 aromatic rings. The lowest BCUT2D eigenvalue weighted by Gasteiger charge is -1.79. The topological polar surface area (TPSA) is 38.7 Å². The lowest BCUT2D eigenvalue weighted by Crippen LogP contribution is -1.81. The van der Waals surface area contributed by atoms with E-state index in [4.69, 9.17) is 4.79 Å². The third-order valence-corrected chi connectivity index (χ3v) is 0.489. The summed E-state index contributed by atoms with van der Waals surface area (Å²) < 4.78 is 0. The van der Waals surface area contributed by atoms with Crippen molar-refractivity contribution < 1.29 is 9.63 Å². The zero-order valence-corrected chi connectivity index (χ0v) is 5.47. The molecular weight excluding hydrogens is 98.1 g/mol. The molecule has 4 heteroatoms. The first-order chi connectivity index (χ1) is 2.91. The molecule has 0 aliphatic rings. The fourth-order valence-corrected chi connectivity index (χ4v) is 0.220. The molecule has 0 bridgehead atoms. The Morgan fingerprint density at radius 2 is 2.67 bits per heavy atom. The van der Waals surface area contributed by atoms with Gasteiger partial charge in [-0.05, 0) is 0 Å². The Morgan fingerprint density at radius 3 is 2.83 bits per heavy atom. The van der Waals surface area contributed by atoms with Crippen LogP contribution in [0.5, 0.6) is 0 Å². The first-order valence-corrected chi connectivity index (χ1v) is 3.02. The highest BCUT2D eigenvalue weighted by Gasteiger charge is 1.62. The predicted molar refractivity (Wildman–Crippen MR) is 24.0 cm³/mol. The second-order valence-electron chi connectivity index (χ2n) is 0.600. The van der Waals surface area contributed by atoms with E-state index in [-0.39, 0.29) is 0 Å². The van der Waals surface area contributed by atoms with Crippen molar-refractivity contribution in [2.45, 2.75) is 0 Å². The average Bonchev–Trinajstić information content (AvgIpc) is 1.61. The molecule has 0 radical (unpaired) electrons. The second-order valence-corrected chi connectivity index (χ2v) is 1.18. The lowest BCUT2D eigenvalue weighted by atomic mass is 11.6. The summed E-state index contributed by atoms with van der Waals surface area (Å²) >= 11 is 0. The maximum atomic E-state index is 9.16. The molecular formula is C2H5NO2Si. The molecule has 0 atom stereocenters. The Hall–Kier alpha value is -0.603. The van der Waals surface area contributed by atoms with Crippen molar-refractivity contribution in [3.63, 3.8) is 0 Å². The Kier molecular flexibility index (Phi) is 3.95. The molecule has 0 N–H and O–H groups in total. The number of carbonyl (C=O) groups excluding carboxylic acids is 1. The van der Waals surface area contributed by atoms with E-state index in [1.165, 1.54) is 6.08 Å². The number of hydrogen-bond donors (Lipinski definition) is 0. The molecule has 0 aliphatic heterocycles. The fourth-order valence-electron chi connectivity index (χ4n) is 0.0909. The summed E-state index contributed by atoms with van der Waals surface area (Å²) in [6, 6.07) is 0. The van der Waals surface area contributed by atoms with Crippen LogP contribution in [-0.2, 0) is 9.63 Å². The van der Waals surface area contributed by atoms with Gasteiger partial charge >= 0.3 is 0 Å². The van der Waals surface area contributed by atoms with Crippen LogP contribution in [-0.4, -0.2) is 22.6 Å². The summed E-state index contributed by atoms with van der Waals surface area (Å²) in [6.45, 7) is 0. The van der Waals surface area contributed by atoms with Gasteiger partial charge in [0.25, 0.3) is 6.08 Å².